The predicted octanol–water partition coefficient (Wildman–Crippen LogP) is 3.87. The Balaban J connectivity index is 1.35. The van der Waals surface area contributed by atoms with Crippen LogP contribution in [0.5, 0.6) is 0 Å². The highest BCUT2D eigenvalue weighted by Crippen LogP contribution is 2.32. The lowest BCUT2D eigenvalue weighted by Crippen LogP contribution is -2.55. The number of carbonyl (C=O) groups excluding carboxylic acids is 2. The van der Waals surface area contributed by atoms with E-state index in [1.165, 1.54) is 19.2 Å². The second-order valence-corrected chi connectivity index (χ2v) is 9.23. The van der Waals surface area contributed by atoms with E-state index < -0.39 is 0 Å². The van der Waals surface area contributed by atoms with E-state index in [-0.39, 0.29) is 36.3 Å². The molecule has 0 radical (unpaired) electrons. The van der Waals surface area contributed by atoms with E-state index in [2.05, 4.69) is 15.1 Å². The molecule has 2 aliphatic heterocycles. The van der Waals surface area contributed by atoms with E-state index in [0.717, 1.165) is 43.6 Å². The van der Waals surface area contributed by atoms with Crippen molar-refractivity contribution >= 4 is 29.1 Å². The molecule has 2 bridgehead atoms. The summed E-state index contributed by atoms with van der Waals surface area (Å²) in [5.74, 6) is -0.341. The SMILES string of the molecule is COCC(=O)Nc1cc(Cl)ccc1CCC(=O)N1C2CCC1CN(Cc1ccc(F)cc1)C2. The Morgan fingerprint density at radius 2 is 1.82 bits per heavy atom. The number of piperazine rings is 1. The molecule has 2 atom stereocenters. The number of anilines is 1. The van der Waals surface area contributed by atoms with E-state index in [0.29, 0.717) is 23.6 Å². The summed E-state index contributed by atoms with van der Waals surface area (Å²) in [6, 6.07) is 12.4. The molecule has 0 aromatic heterocycles. The van der Waals surface area contributed by atoms with Gasteiger partial charge in [0.2, 0.25) is 11.8 Å². The first kappa shape index (κ1) is 23.7. The van der Waals surface area contributed by atoms with Crippen molar-refractivity contribution < 1.29 is 18.7 Å². The maximum atomic E-state index is 13.2. The lowest BCUT2D eigenvalue weighted by molar-refractivity contribution is -0.137. The van der Waals surface area contributed by atoms with Crippen LogP contribution in [0.4, 0.5) is 10.1 Å². The average Bonchev–Trinajstić information content (AvgIpc) is 3.05. The van der Waals surface area contributed by atoms with Gasteiger partial charge < -0.3 is 15.0 Å². The zero-order valence-electron chi connectivity index (χ0n) is 18.7. The Labute approximate surface area is 198 Å². The summed E-state index contributed by atoms with van der Waals surface area (Å²) >= 11 is 6.11. The van der Waals surface area contributed by atoms with Crippen molar-refractivity contribution in [2.45, 2.75) is 44.3 Å². The molecule has 0 saturated carbocycles. The van der Waals surface area contributed by atoms with Crippen LogP contribution in [0.25, 0.3) is 0 Å². The summed E-state index contributed by atoms with van der Waals surface area (Å²) in [6.07, 6.45) is 2.92. The van der Waals surface area contributed by atoms with Crippen LogP contribution >= 0.6 is 11.6 Å². The Morgan fingerprint density at radius 1 is 1.12 bits per heavy atom. The van der Waals surface area contributed by atoms with Crippen LogP contribution < -0.4 is 5.32 Å². The van der Waals surface area contributed by atoms with Crippen LogP contribution in [0, 0.1) is 5.82 Å². The molecule has 2 unspecified atom stereocenters. The molecule has 2 aromatic rings. The largest absolute Gasteiger partial charge is 0.375 e. The number of hydrogen-bond donors (Lipinski definition) is 1. The molecule has 2 amide bonds. The Bertz CT molecular complexity index is 987. The zero-order valence-corrected chi connectivity index (χ0v) is 19.5. The molecular formula is C25H29ClFN3O3. The summed E-state index contributed by atoms with van der Waals surface area (Å²) in [6.45, 7) is 2.39. The lowest BCUT2D eigenvalue weighted by Gasteiger charge is -2.41. The number of ether oxygens (including phenoxy) is 1. The third-order valence-electron chi connectivity index (χ3n) is 6.39. The number of nitrogens with one attached hydrogen (secondary N) is 1. The third kappa shape index (κ3) is 5.91. The Kier molecular flexibility index (Phi) is 7.63. The molecule has 2 fully saturated rings. The van der Waals surface area contributed by atoms with Crippen molar-refractivity contribution in [2.75, 3.05) is 32.1 Å². The second kappa shape index (κ2) is 10.6. The fourth-order valence-electron chi connectivity index (χ4n) is 4.95. The Hall–Kier alpha value is -2.48. The molecule has 2 aliphatic rings. The molecule has 4 rings (SSSR count). The minimum Gasteiger partial charge on any atom is -0.375 e. The molecule has 33 heavy (non-hydrogen) atoms. The number of aryl methyl sites for hydroxylation is 1. The van der Waals surface area contributed by atoms with Crippen molar-refractivity contribution in [1.82, 2.24) is 9.80 Å². The van der Waals surface area contributed by atoms with Gasteiger partial charge in [-0.1, -0.05) is 29.8 Å². The number of halogens is 2. The van der Waals surface area contributed by atoms with Crippen molar-refractivity contribution in [3.63, 3.8) is 0 Å². The van der Waals surface area contributed by atoms with Gasteiger partial charge in [-0.25, -0.2) is 4.39 Å². The number of carbonyl (C=O) groups is 2. The maximum Gasteiger partial charge on any atom is 0.250 e. The quantitative estimate of drug-likeness (QED) is 0.632. The standard InChI is InChI=1S/C25H29ClFN3O3/c1-33-16-24(31)28-23-12-19(26)6-4-18(23)5-11-25(32)30-21-9-10-22(30)15-29(14-21)13-17-2-7-20(27)8-3-17/h2-4,6-8,12,21-22H,5,9-11,13-16H2,1H3,(H,28,31). The summed E-state index contributed by atoms with van der Waals surface area (Å²) in [5.41, 5.74) is 2.57. The van der Waals surface area contributed by atoms with Crippen LogP contribution in [0.2, 0.25) is 5.02 Å². The number of methoxy groups -OCH3 is 1. The number of fused-ring (bicyclic) bond motifs is 2. The number of likely N-dealkylation sites (tertiary alicyclic amines) is 1. The summed E-state index contributed by atoms with van der Waals surface area (Å²) in [4.78, 5) is 29.6. The van der Waals surface area contributed by atoms with Gasteiger partial charge in [0.05, 0.1) is 0 Å². The average molecular weight is 474 g/mol. The van der Waals surface area contributed by atoms with Crippen LogP contribution in [0.3, 0.4) is 0 Å². The molecule has 176 valence electrons. The number of benzene rings is 2. The summed E-state index contributed by atoms with van der Waals surface area (Å²) in [5, 5.41) is 3.34. The fraction of sp³-hybridized carbons (Fsp3) is 0.440. The first-order chi connectivity index (χ1) is 15.9. The highest BCUT2D eigenvalue weighted by molar-refractivity contribution is 6.31. The maximum absolute atomic E-state index is 13.2. The molecule has 2 heterocycles. The highest BCUT2D eigenvalue weighted by Gasteiger charge is 2.42. The number of hydrogen-bond acceptors (Lipinski definition) is 4. The van der Waals surface area contributed by atoms with Crippen LogP contribution in [0.1, 0.15) is 30.4 Å². The molecule has 6 nitrogen and oxygen atoms in total. The van der Waals surface area contributed by atoms with Gasteiger partial charge in [0.15, 0.2) is 0 Å². The zero-order chi connectivity index (χ0) is 23.4. The van der Waals surface area contributed by atoms with Gasteiger partial charge in [-0.3, -0.25) is 14.5 Å². The molecule has 2 saturated heterocycles. The monoisotopic (exact) mass is 473 g/mol. The topological polar surface area (TPSA) is 61.9 Å². The lowest BCUT2D eigenvalue weighted by atomic mass is 10.0. The first-order valence-electron chi connectivity index (χ1n) is 11.3. The van der Waals surface area contributed by atoms with E-state index in [9.17, 15) is 14.0 Å². The Morgan fingerprint density at radius 3 is 2.48 bits per heavy atom. The van der Waals surface area contributed by atoms with Crippen molar-refractivity contribution in [2.24, 2.45) is 0 Å². The van der Waals surface area contributed by atoms with Crippen LogP contribution in [-0.4, -0.2) is 60.5 Å². The van der Waals surface area contributed by atoms with Gasteiger partial charge >= 0.3 is 0 Å². The molecule has 0 aliphatic carbocycles. The second-order valence-electron chi connectivity index (χ2n) is 8.79. The molecule has 8 heteroatoms. The molecular weight excluding hydrogens is 445 g/mol. The highest BCUT2D eigenvalue weighted by atomic mass is 35.5. The third-order valence-corrected chi connectivity index (χ3v) is 6.63. The minimum atomic E-state index is -0.261. The van der Waals surface area contributed by atoms with Gasteiger partial charge in [0, 0.05) is 56.0 Å². The van der Waals surface area contributed by atoms with Crippen molar-refractivity contribution in [3.8, 4) is 0 Å². The smallest absolute Gasteiger partial charge is 0.250 e. The normalized spacial score (nSPS) is 20.2. The van der Waals surface area contributed by atoms with Gasteiger partial charge in [-0.2, -0.15) is 0 Å². The molecule has 2 aromatic carbocycles. The molecule has 0 spiro atoms. The van der Waals surface area contributed by atoms with Gasteiger partial charge in [-0.15, -0.1) is 0 Å². The molecule has 1 N–H and O–H groups in total. The van der Waals surface area contributed by atoms with Crippen molar-refractivity contribution in [3.05, 3.63) is 64.4 Å². The number of nitrogens with zero attached hydrogens (tertiary/aromatic N) is 2. The van der Waals surface area contributed by atoms with Gasteiger partial charge in [0.1, 0.15) is 12.4 Å². The van der Waals surface area contributed by atoms with E-state index in [1.54, 1.807) is 12.1 Å². The van der Waals surface area contributed by atoms with E-state index in [4.69, 9.17) is 16.3 Å². The van der Waals surface area contributed by atoms with Gasteiger partial charge in [0.25, 0.3) is 0 Å². The van der Waals surface area contributed by atoms with Gasteiger partial charge in [-0.05, 0) is 54.7 Å². The van der Waals surface area contributed by atoms with Crippen LogP contribution in [-0.2, 0) is 27.3 Å². The number of amides is 2. The fourth-order valence-corrected chi connectivity index (χ4v) is 5.12. The van der Waals surface area contributed by atoms with Crippen molar-refractivity contribution in [1.29, 1.82) is 0 Å². The predicted molar refractivity (Wildman–Crippen MR) is 126 cm³/mol. The van der Waals surface area contributed by atoms with E-state index >= 15 is 0 Å². The minimum absolute atomic E-state index is 0.0452. The van der Waals surface area contributed by atoms with E-state index in [1.807, 2.05) is 18.2 Å². The number of rotatable bonds is 8. The first-order valence-corrected chi connectivity index (χ1v) is 11.7. The summed E-state index contributed by atoms with van der Waals surface area (Å²) in [7, 11) is 1.46. The van der Waals surface area contributed by atoms with Crippen LogP contribution in [0.15, 0.2) is 42.5 Å². The summed E-state index contributed by atoms with van der Waals surface area (Å²) < 4.78 is 18.1.